The van der Waals surface area contributed by atoms with Gasteiger partial charge >= 0.3 is 5.97 Å². The molecule has 2 aliphatic heterocycles. The number of benzene rings is 1. The van der Waals surface area contributed by atoms with Gasteiger partial charge in [-0.2, -0.15) is 0 Å². The number of aliphatic hydroxyl groups is 1. The molecule has 36 heavy (non-hydrogen) atoms. The van der Waals surface area contributed by atoms with Crippen LogP contribution in [0, 0.1) is 23.5 Å². The summed E-state index contributed by atoms with van der Waals surface area (Å²) in [6, 6.07) is 1.85. The highest BCUT2D eigenvalue weighted by Gasteiger charge is 2.40. The van der Waals surface area contributed by atoms with Crippen LogP contribution in [0.1, 0.15) is 58.9 Å². The summed E-state index contributed by atoms with van der Waals surface area (Å²) in [5.74, 6) is -1.94. The van der Waals surface area contributed by atoms with Crippen molar-refractivity contribution < 1.29 is 33.0 Å². The first-order valence-corrected chi connectivity index (χ1v) is 13.1. The lowest BCUT2D eigenvalue weighted by Crippen LogP contribution is -2.49. The van der Waals surface area contributed by atoms with Gasteiger partial charge in [0.15, 0.2) is 0 Å². The third-order valence-corrected chi connectivity index (χ3v) is 7.02. The molecule has 3 rings (SSSR count). The molecular formula is C27H40F2N2O5. The zero-order chi connectivity index (χ0) is 26.4. The molecule has 2 fully saturated rings. The fourth-order valence-corrected chi connectivity index (χ4v) is 5.17. The number of rotatable bonds is 12. The smallest absolute Gasteiger partial charge is 0.328 e. The molecule has 2 N–H and O–H groups in total. The molecule has 9 heteroatoms. The highest BCUT2D eigenvalue weighted by atomic mass is 19.1. The maximum Gasteiger partial charge on any atom is 0.328 e. The number of amides is 1. The van der Waals surface area contributed by atoms with E-state index in [-0.39, 0.29) is 29.9 Å². The third kappa shape index (κ3) is 7.46. The van der Waals surface area contributed by atoms with Gasteiger partial charge in [-0.3, -0.25) is 4.79 Å². The number of likely N-dealkylation sites (tertiary alicyclic amines) is 1. The zero-order valence-corrected chi connectivity index (χ0v) is 21.7. The Morgan fingerprint density at radius 1 is 1.22 bits per heavy atom. The normalized spacial score (nSPS) is 24.8. The number of hydrogen-bond donors (Lipinski definition) is 2. The first-order chi connectivity index (χ1) is 17.1. The van der Waals surface area contributed by atoms with E-state index in [0.717, 1.165) is 31.0 Å². The summed E-state index contributed by atoms with van der Waals surface area (Å²) in [6.45, 7) is 9.37. The summed E-state index contributed by atoms with van der Waals surface area (Å²) >= 11 is 0. The molecule has 0 bridgehead atoms. The van der Waals surface area contributed by atoms with Crippen LogP contribution in [0.3, 0.4) is 0 Å². The summed E-state index contributed by atoms with van der Waals surface area (Å²) in [5.41, 5.74) is 0.267. The minimum Gasteiger partial charge on any atom is -0.458 e. The summed E-state index contributed by atoms with van der Waals surface area (Å²) < 4.78 is 39.2. The molecule has 2 saturated heterocycles. The van der Waals surface area contributed by atoms with Crippen molar-refractivity contribution in [3.05, 3.63) is 35.4 Å². The van der Waals surface area contributed by atoms with Crippen LogP contribution in [0.4, 0.5) is 8.78 Å². The van der Waals surface area contributed by atoms with Crippen molar-refractivity contribution in [2.24, 2.45) is 11.8 Å². The molecule has 1 aromatic rings. The maximum atomic E-state index is 13.8. The first-order valence-electron chi connectivity index (χ1n) is 13.1. The molecule has 0 aliphatic carbocycles. The highest BCUT2D eigenvalue weighted by Crippen LogP contribution is 2.27. The van der Waals surface area contributed by atoms with Gasteiger partial charge in [0.25, 0.3) is 0 Å². The van der Waals surface area contributed by atoms with Gasteiger partial charge in [-0.1, -0.05) is 20.8 Å². The summed E-state index contributed by atoms with van der Waals surface area (Å²) in [4.78, 5) is 27.5. The van der Waals surface area contributed by atoms with Crippen LogP contribution in [0.15, 0.2) is 18.2 Å². The van der Waals surface area contributed by atoms with Gasteiger partial charge in [0.1, 0.15) is 29.9 Å². The van der Waals surface area contributed by atoms with Crippen LogP contribution in [-0.2, 0) is 25.5 Å². The van der Waals surface area contributed by atoms with E-state index in [1.807, 2.05) is 6.92 Å². The lowest BCUT2D eigenvalue weighted by molar-refractivity contribution is -0.164. The quantitative estimate of drug-likeness (QED) is 0.420. The van der Waals surface area contributed by atoms with Crippen LogP contribution in [-0.4, -0.2) is 72.0 Å². The van der Waals surface area contributed by atoms with Crippen LogP contribution >= 0.6 is 0 Å². The van der Waals surface area contributed by atoms with Crippen molar-refractivity contribution in [3.8, 4) is 0 Å². The van der Waals surface area contributed by atoms with Crippen molar-refractivity contribution in [1.82, 2.24) is 10.2 Å². The third-order valence-electron chi connectivity index (χ3n) is 7.02. The van der Waals surface area contributed by atoms with Gasteiger partial charge in [-0.05, 0) is 56.2 Å². The monoisotopic (exact) mass is 510 g/mol. The van der Waals surface area contributed by atoms with E-state index < -0.39 is 41.9 Å². The molecule has 0 aromatic heterocycles. The van der Waals surface area contributed by atoms with Crippen molar-refractivity contribution in [2.45, 2.75) is 90.2 Å². The highest BCUT2D eigenvalue weighted by molar-refractivity contribution is 5.87. The molecule has 0 spiro atoms. The van der Waals surface area contributed by atoms with E-state index in [1.54, 1.807) is 6.92 Å². The summed E-state index contributed by atoms with van der Waals surface area (Å²) in [7, 11) is 0. The number of esters is 1. The molecule has 2 aliphatic rings. The number of carbonyl (C=O) groups is 2. The molecule has 1 aromatic carbocycles. The van der Waals surface area contributed by atoms with Crippen molar-refractivity contribution in [1.29, 1.82) is 0 Å². The van der Waals surface area contributed by atoms with E-state index in [0.29, 0.717) is 38.5 Å². The number of nitrogens with zero attached hydrogens (tertiary/aromatic N) is 1. The Kier molecular flexibility index (Phi) is 10.2. The van der Waals surface area contributed by atoms with Gasteiger partial charge in [-0.25, -0.2) is 13.6 Å². The zero-order valence-electron chi connectivity index (χ0n) is 21.7. The van der Waals surface area contributed by atoms with Gasteiger partial charge in [0, 0.05) is 44.1 Å². The Balaban J connectivity index is 1.72. The average Bonchev–Trinajstić information content (AvgIpc) is 3.42. The topological polar surface area (TPSA) is 88.1 Å². The van der Waals surface area contributed by atoms with Crippen molar-refractivity contribution in [3.63, 3.8) is 0 Å². The molecule has 2 heterocycles. The van der Waals surface area contributed by atoms with E-state index in [2.05, 4.69) is 19.2 Å². The number of ether oxygens (including phenoxy) is 2. The molecule has 1 amide bonds. The Labute approximate surface area is 212 Å². The van der Waals surface area contributed by atoms with Crippen molar-refractivity contribution >= 4 is 11.9 Å². The second-order valence-corrected chi connectivity index (χ2v) is 10.5. The van der Waals surface area contributed by atoms with E-state index in [9.17, 15) is 23.5 Å². The molecular weight excluding hydrogens is 470 g/mol. The minimum absolute atomic E-state index is 0.0641. The number of nitrogens with one attached hydrogen (secondary N) is 1. The van der Waals surface area contributed by atoms with E-state index in [1.165, 1.54) is 4.90 Å². The van der Waals surface area contributed by atoms with Crippen molar-refractivity contribution in [2.75, 3.05) is 19.7 Å². The molecule has 202 valence electrons. The predicted molar refractivity (Wildman–Crippen MR) is 131 cm³/mol. The Hall–Kier alpha value is -2.10. The lowest BCUT2D eigenvalue weighted by atomic mass is 9.96. The lowest BCUT2D eigenvalue weighted by Gasteiger charge is -2.30. The maximum absolute atomic E-state index is 13.8. The number of halogens is 2. The summed E-state index contributed by atoms with van der Waals surface area (Å²) in [5, 5.41) is 14.4. The molecule has 1 unspecified atom stereocenters. The fourth-order valence-electron chi connectivity index (χ4n) is 5.17. The van der Waals surface area contributed by atoms with Gasteiger partial charge < -0.3 is 24.8 Å². The fraction of sp³-hybridized carbons (Fsp3) is 0.704. The first kappa shape index (κ1) is 28.5. The Bertz CT molecular complexity index is 879. The standard InChI is InChI=1S/C27H40F2N2O5/c1-5-8-35-22-14-23(30-15-22)25(32)24(12-18-10-20(28)13-21(29)11-18)36-27(34)17(4)31-7-6-19(26(31)33)9-16(2)3/h10-11,13,16-17,19,22-25,30,32H,5-9,12,14-15H2,1-4H3/t17?,19-,22-,23-,24+,25+/m1/s1. The second-order valence-electron chi connectivity index (χ2n) is 10.5. The van der Waals surface area contributed by atoms with Gasteiger partial charge in [0.05, 0.1) is 6.10 Å². The summed E-state index contributed by atoms with van der Waals surface area (Å²) in [6.07, 6.45) is 0.498. The van der Waals surface area contributed by atoms with Crippen LogP contribution in [0.25, 0.3) is 0 Å². The Morgan fingerprint density at radius 3 is 2.56 bits per heavy atom. The molecule has 0 radical (unpaired) electrons. The minimum atomic E-state index is -1.13. The van der Waals surface area contributed by atoms with Crippen LogP contribution in [0.5, 0.6) is 0 Å². The van der Waals surface area contributed by atoms with E-state index in [4.69, 9.17) is 9.47 Å². The van der Waals surface area contributed by atoms with Crippen LogP contribution < -0.4 is 5.32 Å². The van der Waals surface area contributed by atoms with E-state index >= 15 is 0 Å². The predicted octanol–water partition coefficient (Wildman–Crippen LogP) is 3.22. The number of carbonyl (C=O) groups excluding carboxylic acids is 2. The Morgan fingerprint density at radius 2 is 1.92 bits per heavy atom. The molecule has 7 nitrogen and oxygen atoms in total. The second kappa shape index (κ2) is 12.9. The number of aliphatic hydroxyl groups excluding tert-OH is 1. The number of hydrogen-bond acceptors (Lipinski definition) is 6. The van der Waals surface area contributed by atoms with Gasteiger partial charge in [-0.15, -0.1) is 0 Å². The average molecular weight is 511 g/mol. The molecule has 6 atom stereocenters. The molecule has 0 saturated carbocycles. The largest absolute Gasteiger partial charge is 0.458 e. The van der Waals surface area contributed by atoms with Crippen LogP contribution in [0.2, 0.25) is 0 Å². The van der Waals surface area contributed by atoms with Gasteiger partial charge in [0.2, 0.25) is 5.91 Å². The SMILES string of the molecule is CCCO[C@H]1CN[C@@H]([C@H](O)[C@H](Cc2cc(F)cc(F)c2)OC(=O)C(C)N2CC[C@H](CC(C)C)C2=O)C1.